The summed E-state index contributed by atoms with van der Waals surface area (Å²) in [5.41, 5.74) is 4.75. The van der Waals surface area contributed by atoms with E-state index in [-0.39, 0.29) is 27.6 Å². The summed E-state index contributed by atoms with van der Waals surface area (Å²) < 4.78 is 17.7. The third-order valence-corrected chi connectivity index (χ3v) is 2.51. The van der Waals surface area contributed by atoms with Crippen molar-refractivity contribution in [3.63, 3.8) is 0 Å². The third kappa shape index (κ3) is 2.51. The van der Waals surface area contributed by atoms with Crippen LogP contribution >= 0.6 is 27.5 Å². The molecule has 0 bridgehead atoms. The molecular weight excluding hydrogens is 302 g/mol. The predicted octanol–water partition coefficient (Wildman–Crippen LogP) is 2.56. The van der Waals surface area contributed by atoms with Gasteiger partial charge in [-0.1, -0.05) is 24.3 Å². The standard InChI is InChI=1S/C9H7BrClFN2O2/c1-2-3-16-9(15)7-4(11)6(13)5(12)8(10)14-7/h2H,1,3H2,(H2,13,14). The summed E-state index contributed by atoms with van der Waals surface area (Å²) in [4.78, 5) is 15.0. The maximum Gasteiger partial charge on any atom is 0.358 e. The highest BCUT2D eigenvalue weighted by Crippen LogP contribution is 2.29. The molecule has 16 heavy (non-hydrogen) atoms. The van der Waals surface area contributed by atoms with Crippen molar-refractivity contribution in [1.29, 1.82) is 0 Å². The molecule has 0 saturated carbocycles. The first-order chi connectivity index (χ1) is 7.49. The Morgan fingerprint density at radius 2 is 2.38 bits per heavy atom. The van der Waals surface area contributed by atoms with Crippen molar-refractivity contribution in [3.8, 4) is 0 Å². The van der Waals surface area contributed by atoms with Gasteiger partial charge in [0, 0.05) is 0 Å². The number of anilines is 1. The minimum absolute atomic E-state index is 0.00570. The van der Waals surface area contributed by atoms with E-state index in [0.717, 1.165) is 0 Å². The largest absolute Gasteiger partial charge is 0.457 e. The van der Waals surface area contributed by atoms with E-state index in [0.29, 0.717) is 0 Å². The number of hydrogen-bond donors (Lipinski definition) is 1. The van der Waals surface area contributed by atoms with Gasteiger partial charge in [-0.15, -0.1) is 0 Å². The van der Waals surface area contributed by atoms with Gasteiger partial charge in [-0.05, 0) is 15.9 Å². The first kappa shape index (κ1) is 12.9. The maximum absolute atomic E-state index is 13.2. The zero-order chi connectivity index (χ0) is 12.3. The van der Waals surface area contributed by atoms with Crippen molar-refractivity contribution in [1.82, 2.24) is 4.98 Å². The van der Waals surface area contributed by atoms with E-state index in [9.17, 15) is 9.18 Å². The van der Waals surface area contributed by atoms with E-state index in [2.05, 4.69) is 27.5 Å². The topological polar surface area (TPSA) is 65.2 Å². The summed E-state index contributed by atoms with van der Waals surface area (Å²) >= 11 is 8.48. The molecule has 0 radical (unpaired) electrons. The van der Waals surface area contributed by atoms with Crippen molar-refractivity contribution in [3.05, 3.63) is 33.8 Å². The molecule has 2 N–H and O–H groups in total. The van der Waals surface area contributed by atoms with Gasteiger partial charge in [0.2, 0.25) is 0 Å². The van der Waals surface area contributed by atoms with Crippen LogP contribution in [0.25, 0.3) is 0 Å². The molecule has 0 unspecified atom stereocenters. The van der Waals surface area contributed by atoms with Gasteiger partial charge < -0.3 is 10.5 Å². The number of carbonyl (C=O) groups is 1. The Bertz CT molecular complexity index is 454. The quantitative estimate of drug-likeness (QED) is 0.529. The van der Waals surface area contributed by atoms with Crippen molar-refractivity contribution < 1.29 is 13.9 Å². The van der Waals surface area contributed by atoms with Crippen LogP contribution in [0.3, 0.4) is 0 Å². The Morgan fingerprint density at radius 1 is 1.75 bits per heavy atom. The summed E-state index contributed by atoms with van der Waals surface area (Å²) in [5.74, 6) is -1.61. The fraction of sp³-hybridized carbons (Fsp3) is 0.111. The molecule has 7 heteroatoms. The number of pyridine rings is 1. The van der Waals surface area contributed by atoms with Crippen LogP contribution in [0.4, 0.5) is 10.1 Å². The fourth-order valence-electron chi connectivity index (χ4n) is 0.870. The lowest BCUT2D eigenvalue weighted by molar-refractivity contribution is 0.0543. The van der Waals surface area contributed by atoms with Gasteiger partial charge >= 0.3 is 5.97 Å². The van der Waals surface area contributed by atoms with Crippen molar-refractivity contribution in [2.75, 3.05) is 12.3 Å². The summed E-state index contributed by atoms with van der Waals surface area (Å²) in [5, 5.41) is -0.269. The van der Waals surface area contributed by atoms with Crippen LogP contribution in [0.2, 0.25) is 5.02 Å². The first-order valence-corrected chi connectivity index (χ1v) is 5.24. The lowest BCUT2D eigenvalue weighted by Crippen LogP contribution is -2.11. The van der Waals surface area contributed by atoms with Crippen LogP contribution in [0, 0.1) is 5.82 Å². The van der Waals surface area contributed by atoms with Gasteiger partial charge in [0.25, 0.3) is 0 Å². The van der Waals surface area contributed by atoms with E-state index < -0.39 is 11.8 Å². The molecule has 1 rings (SSSR count). The average molecular weight is 310 g/mol. The number of nitrogen functional groups attached to an aromatic ring is 1. The van der Waals surface area contributed by atoms with Crippen molar-refractivity contribution in [2.45, 2.75) is 0 Å². The zero-order valence-electron chi connectivity index (χ0n) is 7.97. The number of ether oxygens (including phenoxy) is 1. The van der Waals surface area contributed by atoms with Gasteiger partial charge in [0.1, 0.15) is 11.2 Å². The Labute approximate surface area is 104 Å². The molecule has 1 aromatic heterocycles. The molecule has 0 aliphatic heterocycles. The number of nitrogens with two attached hydrogens (primary N) is 1. The molecule has 86 valence electrons. The molecule has 1 heterocycles. The second-order valence-electron chi connectivity index (χ2n) is 2.68. The highest BCUT2D eigenvalue weighted by molar-refractivity contribution is 9.10. The van der Waals surface area contributed by atoms with Crippen molar-refractivity contribution >= 4 is 39.2 Å². The Kier molecular flexibility index (Phi) is 4.26. The van der Waals surface area contributed by atoms with Crippen LogP contribution in [-0.4, -0.2) is 17.6 Å². The number of rotatable bonds is 3. The van der Waals surface area contributed by atoms with Crippen LogP contribution in [0.15, 0.2) is 17.3 Å². The smallest absolute Gasteiger partial charge is 0.358 e. The summed E-state index contributed by atoms with van der Waals surface area (Å²) in [6, 6.07) is 0. The molecule has 0 amide bonds. The van der Waals surface area contributed by atoms with E-state index in [4.69, 9.17) is 22.1 Å². The third-order valence-electron chi connectivity index (χ3n) is 1.60. The highest BCUT2D eigenvalue weighted by Gasteiger charge is 2.21. The SMILES string of the molecule is C=CCOC(=O)c1nc(Br)c(F)c(N)c1Cl. The lowest BCUT2D eigenvalue weighted by atomic mass is 10.3. The van der Waals surface area contributed by atoms with E-state index in [1.54, 1.807) is 0 Å². The Hall–Kier alpha value is -1.14. The number of esters is 1. The molecule has 4 nitrogen and oxygen atoms in total. The van der Waals surface area contributed by atoms with Gasteiger partial charge in [-0.2, -0.15) is 0 Å². The van der Waals surface area contributed by atoms with E-state index in [1.165, 1.54) is 6.08 Å². The number of aromatic nitrogens is 1. The van der Waals surface area contributed by atoms with Gasteiger partial charge in [-0.3, -0.25) is 0 Å². The molecule has 0 atom stereocenters. The van der Waals surface area contributed by atoms with E-state index in [1.807, 2.05) is 0 Å². The molecule has 0 aliphatic rings. The molecule has 1 aromatic rings. The van der Waals surface area contributed by atoms with Crippen LogP contribution in [-0.2, 0) is 4.74 Å². The fourth-order valence-corrected chi connectivity index (χ4v) is 1.46. The molecule has 0 spiro atoms. The van der Waals surface area contributed by atoms with Crippen molar-refractivity contribution in [2.24, 2.45) is 0 Å². The van der Waals surface area contributed by atoms with Gasteiger partial charge in [-0.25, -0.2) is 14.2 Å². The zero-order valence-corrected chi connectivity index (χ0v) is 10.3. The molecular formula is C9H7BrClFN2O2. The van der Waals surface area contributed by atoms with Gasteiger partial charge in [0.05, 0.1) is 10.7 Å². The van der Waals surface area contributed by atoms with Crippen LogP contribution in [0.5, 0.6) is 0 Å². The molecule has 0 fully saturated rings. The summed E-state index contributed by atoms with van der Waals surface area (Å²) in [6.45, 7) is 3.38. The molecule has 0 aromatic carbocycles. The Balaban J connectivity index is 3.14. The minimum atomic E-state index is -0.815. The average Bonchev–Trinajstić information content (AvgIpc) is 2.28. The molecule has 0 aliphatic carbocycles. The van der Waals surface area contributed by atoms with Crippen LogP contribution < -0.4 is 5.73 Å². The second-order valence-corrected chi connectivity index (χ2v) is 3.81. The number of hydrogen-bond acceptors (Lipinski definition) is 4. The number of halogens is 3. The van der Waals surface area contributed by atoms with Gasteiger partial charge in [0.15, 0.2) is 11.5 Å². The highest BCUT2D eigenvalue weighted by atomic mass is 79.9. The lowest BCUT2D eigenvalue weighted by Gasteiger charge is -2.07. The Morgan fingerprint density at radius 3 is 2.94 bits per heavy atom. The number of carbonyl (C=O) groups excluding carboxylic acids is 1. The monoisotopic (exact) mass is 308 g/mol. The minimum Gasteiger partial charge on any atom is -0.457 e. The van der Waals surface area contributed by atoms with Crippen LogP contribution in [0.1, 0.15) is 10.5 Å². The first-order valence-electron chi connectivity index (χ1n) is 4.07. The maximum atomic E-state index is 13.2. The summed E-state index contributed by atoms with van der Waals surface area (Å²) in [6.07, 6.45) is 1.38. The second kappa shape index (κ2) is 5.27. The summed E-state index contributed by atoms with van der Waals surface area (Å²) in [7, 11) is 0. The molecule has 0 saturated heterocycles. The predicted molar refractivity (Wildman–Crippen MR) is 61.8 cm³/mol. The number of nitrogens with zero attached hydrogens (tertiary/aromatic N) is 1. The normalized spacial score (nSPS) is 9.94. The van der Waals surface area contributed by atoms with E-state index >= 15 is 0 Å².